The van der Waals surface area contributed by atoms with E-state index in [0.717, 1.165) is 12.0 Å². The highest BCUT2D eigenvalue weighted by Crippen LogP contribution is 2.30. The summed E-state index contributed by atoms with van der Waals surface area (Å²) in [6, 6.07) is 12.0. The van der Waals surface area contributed by atoms with Gasteiger partial charge in [0.1, 0.15) is 5.75 Å². The SMILES string of the molecule is CCc1ccc([C@H](NS(=O)(=O)c2ccc(NC(C)=O)c(OC)c2)C(C)C)cc1. The maximum atomic E-state index is 13.0. The fourth-order valence-corrected chi connectivity index (χ4v) is 4.30. The lowest BCUT2D eigenvalue weighted by Crippen LogP contribution is -2.31. The Kier molecular flexibility index (Phi) is 7.21. The first-order valence-electron chi connectivity index (χ1n) is 9.24. The molecule has 1 amide bonds. The lowest BCUT2D eigenvalue weighted by Gasteiger charge is -2.23. The third kappa shape index (κ3) is 5.33. The van der Waals surface area contributed by atoms with Gasteiger partial charge in [0.25, 0.3) is 0 Å². The highest BCUT2D eigenvalue weighted by Gasteiger charge is 2.25. The Balaban J connectivity index is 2.34. The van der Waals surface area contributed by atoms with Crippen LogP contribution in [0.4, 0.5) is 5.69 Å². The van der Waals surface area contributed by atoms with E-state index in [-0.39, 0.29) is 28.5 Å². The molecule has 2 aromatic carbocycles. The molecule has 0 spiro atoms. The molecule has 0 heterocycles. The molecule has 2 N–H and O–H groups in total. The smallest absolute Gasteiger partial charge is 0.241 e. The maximum Gasteiger partial charge on any atom is 0.241 e. The van der Waals surface area contributed by atoms with Crippen molar-refractivity contribution in [1.82, 2.24) is 4.72 Å². The Morgan fingerprint density at radius 2 is 1.75 bits per heavy atom. The molecule has 1 atom stereocenters. The van der Waals surface area contributed by atoms with Gasteiger partial charge in [-0.25, -0.2) is 13.1 Å². The summed E-state index contributed by atoms with van der Waals surface area (Å²) >= 11 is 0. The number of anilines is 1. The van der Waals surface area contributed by atoms with Gasteiger partial charge in [-0.2, -0.15) is 0 Å². The molecular weight excluding hydrogens is 376 g/mol. The van der Waals surface area contributed by atoms with Crippen LogP contribution in [0.1, 0.15) is 44.9 Å². The standard InChI is InChI=1S/C21H28N2O4S/c1-6-16-7-9-17(10-8-16)21(14(2)3)23-28(25,26)18-11-12-19(22-15(4)24)20(13-18)27-5/h7-14,21,23H,6H2,1-5H3,(H,22,24)/t21-/m1/s1. The summed E-state index contributed by atoms with van der Waals surface area (Å²) in [5, 5.41) is 2.62. The highest BCUT2D eigenvalue weighted by molar-refractivity contribution is 7.89. The molecule has 0 bridgehead atoms. The second-order valence-corrected chi connectivity index (χ2v) is 8.70. The van der Waals surface area contributed by atoms with Crippen molar-refractivity contribution in [2.24, 2.45) is 5.92 Å². The van der Waals surface area contributed by atoms with E-state index < -0.39 is 10.0 Å². The fraction of sp³-hybridized carbons (Fsp3) is 0.381. The van der Waals surface area contributed by atoms with E-state index in [4.69, 9.17) is 4.74 Å². The molecule has 7 heteroatoms. The van der Waals surface area contributed by atoms with E-state index in [1.165, 1.54) is 37.8 Å². The van der Waals surface area contributed by atoms with Crippen LogP contribution in [0, 0.1) is 5.92 Å². The number of sulfonamides is 1. The first-order valence-corrected chi connectivity index (χ1v) is 10.7. The average molecular weight is 405 g/mol. The predicted octanol–water partition coefficient (Wildman–Crippen LogP) is 3.89. The molecule has 0 fully saturated rings. The number of ether oxygens (including phenoxy) is 1. The van der Waals surface area contributed by atoms with Gasteiger partial charge in [0.05, 0.1) is 17.7 Å². The topological polar surface area (TPSA) is 84.5 Å². The molecule has 0 saturated carbocycles. The number of hydrogen-bond donors (Lipinski definition) is 2. The number of rotatable bonds is 8. The van der Waals surface area contributed by atoms with Gasteiger partial charge in [-0.15, -0.1) is 0 Å². The molecule has 0 saturated heterocycles. The van der Waals surface area contributed by atoms with Gasteiger partial charge in [-0.05, 0) is 35.6 Å². The molecule has 28 heavy (non-hydrogen) atoms. The van der Waals surface area contributed by atoms with Crippen molar-refractivity contribution in [1.29, 1.82) is 0 Å². The number of benzene rings is 2. The number of amides is 1. The lowest BCUT2D eigenvalue weighted by atomic mass is 9.96. The van der Waals surface area contributed by atoms with Crippen LogP contribution < -0.4 is 14.8 Å². The van der Waals surface area contributed by atoms with Gasteiger partial charge in [-0.1, -0.05) is 45.0 Å². The van der Waals surface area contributed by atoms with Crippen LogP contribution in [0.5, 0.6) is 5.75 Å². The highest BCUT2D eigenvalue weighted by atomic mass is 32.2. The van der Waals surface area contributed by atoms with Crippen LogP contribution in [0.25, 0.3) is 0 Å². The Hall–Kier alpha value is -2.38. The molecule has 0 unspecified atom stereocenters. The van der Waals surface area contributed by atoms with Crippen LogP contribution in [-0.4, -0.2) is 21.4 Å². The molecule has 2 rings (SSSR count). The number of aryl methyl sites for hydroxylation is 1. The zero-order valence-corrected chi connectivity index (χ0v) is 17.8. The normalized spacial score (nSPS) is 12.6. The summed E-state index contributed by atoms with van der Waals surface area (Å²) < 4.78 is 34.0. The van der Waals surface area contributed by atoms with Crippen molar-refractivity contribution in [3.8, 4) is 5.75 Å². The number of carbonyl (C=O) groups is 1. The van der Waals surface area contributed by atoms with E-state index in [2.05, 4.69) is 17.0 Å². The van der Waals surface area contributed by atoms with Gasteiger partial charge in [-0.3, -0.25) is 4.79 Å². The second-order valence-electron chi connectivity index (χ2n) is 6.98. The molecule has 0 aliphatic heterocycles. The molecule has 0 aliphatic rings. The average Bonchev–Trinajstić information content (AvgIpc) is 2.65. The van der Waals surface area contributed by atoms with Gasteiger partial charge in [0.2, 0.25) is 15.9 Å². The first kappa shape index (κ1) is 21.9. The van der Waals surface area contributed by atoms with Crippen LogP contribution in [0.15, 0.2) is 47.4 Å². The van der Waals surface area contributed by atoms with Gasteiger partial charge >= 0.3 is 0 Å². The molecule has 0 aliphatic carbocycles. The van der Waals surface area contributed by atoms with Gasteiger partial charge in [0.15, 0.2) is 0 Å². The van der Waals surface area contributed by atoms with Crippen LogP contribution in [0.2, 0.25) is 0 Å². The summed E-state index contributed by atoms with van der Waals surface area (Å²) in [6.07, 6.45) is 0.929. The predicted molar refractivity (Wildman–Crippen MR) is 111 cm³/mol. The summed E-state index contributed by atoms with van der Waals surface area (Å²) in [5.74, 6) is 0.0803. The molecule has 152 valence electrons. The third-order valence-corrected chi connectivity index (χ3v) is 5.93. The van der Waals surface area contributed by atoms with Gasteiger partial charge in [0, 0.05) is 19.0 Å². The Labute approximate surface area is 167 Å². The Morgan fingerprint density at radius 3 is 2.25 bits per heavy atom. The first-order chi connectivity index (χ1) is 13.2. The summed E-state index contributed by atoms with van der Waals surface area (Å²) in [5.41, 5.74) is 2.54. The molecule has 2 aromatic rings. The number of carbonyl (C=O) groups excluding carboxylic acids is 1. The minimum absolute atomic E-state index is 0.0581. The van der Waals surface area contributed by atoms with E-state index in [1.807, 2.05) is 38.1 Å². The van der Waals surface area contributed by atoms with Crippen molar-refractivity contribution in [2.75, 3.05) is 12.4 Å². The number of nitrogens with one attached hydrogen (secondary N) is 2. The van der Waals surface area contributed by atoms with Crippen molar-refractivity contribution in [2.45, 2.75) is 45.1 Å². The van der Waals surface area contributed by atoms with E-state index in [1.54, 1.807) is 0 Å². The molecule has 6 nitrogen and oxygen atoms in total. The zero-order chi connectivity index (χ0) is 20.9. The fourth-order valence-electron chi connectivity index (χ4n) is 2.92. The van der Waals surface area contributed by atoms with Crippen LogP contribution in [-0.2, 0) is 21.2 Å². The quantitative estimate of drug-likeness (QED) is 0.699. The minimum Gasteiger partial charge on any atom is -0.495 e. The Morgan fingerprint density at radius 1 is 1.11 bits per heavy atom. The van der Waals surface area contributed by atoms with Gasteiger partial charge < -0.3 is 10.1 Å². The van der Waals surface area contributed by atoms with Crippen LogP contribution >= 0.6 is 0 Å². The lowest BCUT2D eigenvalue weighted by molar-refractivity contribution is -0.114. The minimum atomic E-state index is -3.79. The number of methoxy groups -OCH3 is 1. The maximum absolute atomic E-state index is 13.0. The third-order valence-electron chi connectivity index (χ3n) is 4.49. The summed E-state index contributed by atoms with van der Waals surface area (Å²) in [4.78, 5) is 11.4. The van der Waals surface area contributed by atoms with E-state index >= 15 is 0 Å². The molecule has 0 radical (unpaired) electrons. The molecular formula is C21H28N2O4S. The van der Waals surface area contributed by atoms with Crippen LogP contribution in [0.3, 0.4) is 0 Å². The van der Waals surface area contributed by atoms with Crippen molar-refractivity contribution >= 4 is 21.6 Å². The Bertz CT molecular complexity index is 922. The van der Waals surface area contributed by atoms with Crippen molar-refractivity contribution in [3.05, 3.63) is 53.6 Å². The zero-order valence-electron chi connectivity index (χ0n) is 16.9. The monoisotopic (exact) mass is 404 g/mol. The molecule has 0 aromatic heterocycles. The summed E-state index contributed by atoms with van der Waals surface area (Å²) in [6.45, 7) is 7.40. The van der Waals surface area contributed by atoms with Crippen molar-refractivity contribution in [3.63, 3.8) is 0 Å². The largest absolute Gasteiger partial charge is 0.495 e. The second kappa shape index (κ2) is 9.21. The summed E-state index contributed by atoms with van der Waals surface area (Å²) in [7, 11) is -2.36. The van der Waals surface area contributed by atoms with Crippen molar-refractivity contribution < 1.29 is 17.9 Å². The number of hydrogen-bond acceptors (Lipinski definition) is 4. The van der Waals surface area contributed by atoms with E-state index in [9.17, 15) is 13.2 Å². The van der Waals surface area contributed by atoms with E-state index in [0.29, 0.717) is 5.69 Å².